The van der Waals surface area contributed by atoms with Crippen molar-refractivity contribution in [3.8, 4) is 29.6 Å². The number of amides is 2. The standard InChI is InChI=1S/C27H28BrN5O9/c1-5-9-41-25-18(28)10-16(11-19(25)33(37)38)13-29-32-22(34)14-42-20-8-7-17(12-21(20)40-6-2)24-23(26(35)39-4)15(3)30-27(36)31-24/h1,7-8,10-13,22,24,32,34H,6,9,14H2,2-4H3,(H2,30,31,36)/b29-13+/t22-,24+/m1/s1. The molecule has 2 amide bonds. The number of esters is 1. The number of nitro benzene ring substituents is 1. The molecule has 4 N–H and O–H groups in total. The molecule has 14 nitrogen and oxygen atoms in total. The van der Waals surface area contributed by atoms with E-state index in [1.165, 1.54) is 25.5 Å². The second-order valence-corrected chi connectivity index (χ2v) is 9.37. The van der Waals surface area contributed by atoms with Gasteiger partial charge in [-0.25, -0.2) is 9.59 Å². The van der Waals surface area contributed by atoms with Crippen molar-refractivity contribution in [1.29, 1.82) is 0 Å². The number of ether oxygens (including phenoxy) is 4. The lowest BCUT2D eigenvalue weighted by molar-refractivity contribution is -0.385. The number of carbonyl (C=O) groups excluding carboxylic acids is 2. The molecule has 2 aromatic rings. The zero-order valence-corrected chi connectivity index (χ0v) is 24.4. The second-order valence-electron chi connectivity index (χ2n) is 8.52. The Balaban J connectivity index is 1.71. The fourth-order valence-corrected chi connectivity index (χ4v) is 4.47. The van der Waals surface area contributed by atoms with Crippen molar-refractivity contribution in [2.24, 2.45) is 5.10 Å². The molecule has 222 valence electrons. The first kappa shape index (κ1) is 31.7. The molecule has 0 fully saturated rings. The number of methoxy groups -OCH3 is 1. The summed E-state index contributed by atoms with van der Waals surface area (Å²) in [6, 6.07) is 6.34. The van der Waals surface area contributed by atoms with Crippen LogP contribution in [0.4, 0.5) is 10.5 Å². The van der Waals surface area contributed by atoms with Crippen LogP contribution in [0.25, 0.3) is 0 Å². The third-order valence-corrected chi connectivity index (χ3v) is 6.24. The first-order chi connectivity index (χ1) is 20.1. The van der Waals surface area contributed by atoms with E-state index in [0.717, 1.165) is 0 Å². The minimum Gasteiger partial charge on any atom is -0.490 e. The van der Waals surface area contributed by atoms with Crippen molar-refractivity contribution < 1.29 is 38.6 Å². The number of carbonyl (C=O) groups is 2. The molecular formula is C27H28BrN5O9. The highest BCUT2D eigenvalue weighted by Crippen LogP contribution is 2.36. The van der Waals surface area contributed by atoms with Crippen LogP contribution < -0.4 is 30.3 Å². The van der Waals surface area contributed by atoms with Gasteiger partial charge in [-0.1, -0.05) is 12.0 Å². The molecule has 15 heteroatoms. The fourth-order valence-electron chi connectivity index (χ4n) is 3.89. The summed E-state index contributed by atoms with van der Waals surface area (Å²) in [7, 11) is 1.25. The van der Waals surface area contributed by atoms with E-state index in [9.17, 15) is 24.8 Å². The van der Waals surface area contributed by atoms with Gasteiger partial charge in [-0.3, -0.25) is 15.5 Å². The molecule has 1 aliphatic heterocycles. The number of allylic oxidation sites excluding steroid dienone is 1. The van der Waals surface area contributed by atoms with E-state index in [-0.39, 0.29) is 42.6 Å². The quantitative estimate of drug-likeness (QED) is 0.0631. The molecule has 0 aliphatic carbocycles. The molecule has 1 heterocycles. The SMILES string of the molecule is C#CCOc1c(Br)cc(/C=N/N[C@H](O)COc2ccc([C@@H]3NC(=O)NC(C)=C3C(=O)OC)cc2OCC)cc1[N+](=O)[O-]. The molecule has 0 saturated carbocycles. The Bertz CT molecular complexity index is 1450. The number of aliphatic hydroxyl groups excluding tert-OH is 1. The van der Waals surface area contributed by atoms with E-state index in [2.05, 4.69) is 43.0 Å². The van der Waals surface area contributed by atoms with E-state index >= 15 is 0 Å². The smallest absolute Gasteiger partial charge is 0.337 e. The van der Waals surface area contributed by atoms with Gasteiger partial charge in [0.15, 0.2) is 17.7 Å². The normalized spacial score (nSPS) is 15.2. The Morgan fingerprint density at radius 2 is 2.07 bits per heavy atom. The lowest BCUT2D eigenvalue weighted by Gasteiger charge is -2.28. The molecule has 0 radical (unpaired) electrons. The van der Waals surface area contributed by atoms with Crippen LogP contribution in [0.15, 0.2) is 51.2 Å². The number of nitrogens with one attached hydrogen (secondary N) is 3. The summed E-state index contributed by atoms with van der Waals surface area (Å²) in [4.78, 5) is 35.3. The predicted molar refractivity (Wildman–Crippen MR) is 154 cm³/mol. The highest BCUT2D eigenvalue weighted by atomic mass is 79.9. The van der Waals surface area contributed by atoms with Gasteiger partial charge < -0.3 is 34.7 Å². The topological polar surface area (TPSA) is 183 Å². The van der Waals surface area contributed by atoms with Crippen molar-refractivity contribution in [3.05, 3.63) is 67.3 Å². The van der Waals surface area contributed by atoms with Crippen LogP contribution in [0.1, 0.15) is 31.0 Å². The van der Waals surface area contributed by atoms with Gasteiger partial charge in [0, 0.05) is 17.3 Å². The van der Waals surface area contributed by atoms with Gasteiger partial charge in [-0.2, -0.15) is 5.10 Å². The number of benzene rings is 2. The molecule has 2 atom stereocenters. The molecule has 42 heavy (non-hydrogen) atoms. The van der Waals surface area contributed by atoms with E-state index in [0.29, 0.717) is 27.0 Å². The molecule has 3 rings (SSSR count). The molecule has 0 unspecified atom stereocenters. The maximum absolute atomic E-state index is 12.4. The van der Waals surface area contributed by atoms with Gasteiger partial charge in [0.25, 0.3) is 0 Å². The Labute approximate surface area is 249 Å². The Kier molecular flexibility index (Phi) is 11.1. The number of hydrogen-bond donors (Lipinski definition) is 4. The molecular weight excluding hydrogens is 618 g/mol. The number of terminal acetylenes is 1. The third-order valence-electron chi connectivity index (χ3n) is 5.65. The minimum atomic E-state index is -1.27. The lowest BCUT2D eigenvalue weighted by atomic mass is 9.95. The van der Waals surface area contributed by atoms with Gasteiger partial charge in [-0.05, 0) is 53.5 Å². The summed E-state index contributed by atoms with van der Waals surface area (Å²) >= 11 is 3.23. The third kappa shape index (κ3) is 7.89. The second kappa shape index (κ2) is 14.7. The number of aliphatic hydroxyl groups is 1. The maximum Gasteiger partial charge on any atom is 0.337 e. The van der Waals surface area contributed by atoms with E-state index in [1.54, 1.807) is 32.0 Å². The summed E-state index contributed by atoms with van der Waals surface area (Å²) in [6.45, 7) is 3.26. The van der Waals surface area contributed by atoms with Crippen molar-refractivity contribution in [3.63, 3.8) is 0 Å². The predicted octanol–water partition coefficient (Wildman–Crippen LogP) is 2.89. The Morgan fingerprint density at radius 3 is 2.74 bits per heavy atom. The number of nitrogens with zero attached hydrogens (tertiary/aromatic N) is 2. The maximum atomic E-state index is 12.4. The van der Waals surface area contributed by atoms with Crippen molar-refractivity contribution in [2.45, 2.75) is 26.1 Å². The monoisotopic (exact) mass is 645 g/mol. The minimum absolute atomic E-state index is 0.0113. The molecule has 0 spiro atoms. The first-order valence-electron chi connectivity index (χ1n) is 12.4. The molecule has 2 aromatic carbocycles. The van der Waals surface area contributed by atoms with Gasteiger partial charge >= 0.3 is 17.7 Å². The summed E-state index contributed by atoms with van der Waals surface area (Å²) < 4.78 is 21.8. The molecule has 0 aromatic heterocycles. The van der Waals surface area contributed by atoms with Crippen LogP contribution in [0.3, 0.4) is 0 Å². The Hall–Kier alpha value is -4.81. The Morgan fingerprint density at radius 1 is 1.31 bits per heavy atom. The average molecular weight is 646 g/mol. The van der Waals surface area contributed by atoms with Gasteiger partial charge in [-0.15, -0.1) is 6.42 Å². The number of nitro groups is 1. The van der Waals surface area contributed by atoms with Crippen LogP contribution in [0.2, 0.25) is 0 Å². The molecule has 0 saturated heterocycles. The van der Waals surface area contributed by atoms with Crippen LogP contribution >= 0.6 is 15.9 Å². The van der Waals surface area contributed by atoms with Crippen LogP contribution in [-0.4, -0.2) is 61.4 Å². The van der Waals surface area contributed by atoms with E-state index in [1.807, 2.05) is 0 Å². The molecule has 1 aliphatic rings. The summed E-state index contributed by atoms with van der Waals surface area (Å²) in [5.74, 6) is 2.23. The number of hydrogen-bond acceptors (Lipinski definition) is 11. The average Bonchev–Trinajstić information content (AvgIpc) is 2.95. The first-order valence-corrected chi connectivity index (χ1v) is 13.2. The van der Waals surface area contributed by atoms with Crippen molar-refractivity contribution in [1.82, 2.24) is 16.1 Å². The highest BCUT2D eigenvalue weighted by molar-refractivity contribution is 9.10. The van der Waals surface area contributed by atoms with E-state index in [4.69, 9.17) is 25.4 Å². The molecule has 0 bridgehead atoms. The number of urea groups is 1. The summed E-state index contributed by atoms with van der Waals surface area (Å²) in [5, 5.41) is 31.0. The zero-order chi connectivity index (χ0) is 30.8. The van der Waals surface area contributed by atoms with Crippen LogP contribution in [0, 0.1) is 22.5 Å². The van der Waals surface area contributed by atoms with Gasteiger partial charge in [0.1, 0.15) is 13.2 Å². The van der Waals surface area contributed by atoms with E-state index < -0.39 is 29.2 Å². The van der Waals surface area contributed by atoms with Crippen LogP contribution in [0.5, 0.6) is 17.2 Å². The van der Waals surface area contributed by atoms with Gasteiger partial charge in [0.05, 0.1) is 40.9 Å². The number of rotatable bonds is 13. The van der Waals surface area contributed by atoms with Crippen molar-refractivity contribution >= 4 is 39.8 Å². The lowest BCUT2D eigenvalue weighted by Crippen LogP contribution is -2.45. The van der Waals surface area contributed by atoms with Crippen molar-refractivity contribution in [2.75, 3.05) is 26.9 Å². The largest absolute Gasteiger partial charge is 0.490 e. The number of hydrazone groups is 1. The summed E-state index contributed by atoms with van der Waals surface area (Å²) in [6.07, 6.45) is 5.17. The summed E-state index contributed by atoms with van der Waals surface area (Å²) in [5.41, 5.74) is 3.64. The van der Waals surface area contributed by atoms with Crippen LogP contribution in [-0.2, 0) is 9.53 Å². The van der Waals surface area contributed by atoms with Gasteiger partial charge in [0.2, 0.25) is 5.75 Å². The number of halogens is 1. The highest BCUT2D eigenvalue weighted by Gasteiger charge is 2.32. The fraction of sp³-hybridized carbons (Fsp3) is 0.296. The zero-order valence-electron chi connectivity index (χ0n) is 22.8.